The van der Waals surface area contributed by atoms with E-state index in [2.05, 4.69) is 0 Å². The van der Waals surface area contributed by atoms with Gasteiger partial charge in [0.15, 0.2) is 0 Å². The van der Waals surface area contributed by atoms with Gasteiger partial charge < -0.3 is 0 Å². The molecule has 0 aromatic heterocycles. The molecule has 0 radical (unpaired) electrons. The summed E-state index contributed by atoms with van der Waals surface area (Å²) in [5.41, 5.74) is -1.71. The second kappa shape index (κ2) is 6.95. The predicted octanol–water partition coefficient (Wildman–Crippen LogP) is 6.38. The fourth-order valence-electron chi connectivity index (χ4n) is 3.44. The van der Waals surface area contributed by atoms with Gasteiger partial charge in [0.1, 0.15) is 0 Å². The Balaban J connectivity index is 3.90. The molecular weight excluding hydrogens is 459 g/mol. The quantitative estimate of drug-likeness (QED) is 0.413. The molecular formula is C19H38FGeO3Zr. The van der Waals surface area contributed by atoms with Crippen molar-refractivity contribution >= 4 is 9.94 Å². The van der Waals surface area contributed by atoms with Gasteiger partial charge in [-0.3, -0.25) is 0 Å². The van der Waals surface area contributed by atoms with Gasteiger partial charge in [0.25, 0.3) is 0 Å². The van der Waals surface area contributed by atoms with Crippen LogP contribution in [0.5, 0.6) is 0 Å². The Morgan fingerprint density at radius 1 is 0.840 bits per heavy atom. The van der Waals surface area contributed by atoms with Crippen molar-refractivity contribution in [3.05, 3.63) is 21.5 Å². The Labute approximate surface area is 157 Å². The molecule has 0 spiro atoms. The topological polar surface area (TPSA) is 27.7 Å². The van der Waals surface area contributed by atoms with Gasteiger partial charge in [0, 0.05) is 0 Å². The molecule has 0 aliphatic heterocycles. The number of rotatable bonds is 5. The average Bonchev–Trinajstić information content (AvgIpc) is 2.72. The maximum absolute atomic E-state index is 16.4. The molecule has 0 bridgehead atoms. The number of allylic oxidation sites excluding steroid dienone is 4. The first-order valence-electron chi connectivity index (χ1n) is 9.13. The molecule has 1 aliphatic rings. The van der Waals surface area contributed by atoms with Crippen LogP contribution in [0.3, 0.4) is 0 Å². The minimum atomic E-state index is -5.43. The normalized spacial score (nSPS) is 18.9. The van der Waals surface area contributed by atoms with Crippen LogP contribution in [0.2, 0.25) is 11.5 Å². The molecule has 0 fully saturated rings. The number of hydrogen-bond acceptors (Lipinski definition) is 3. The Kier molecular flexibility index (Phi) is 6.61. The fourth-order valence-corrected chi connectivity index (χ4v) is 50.9. The fraction of sp³-hybridized carbons (Fsp3) is 0.789. The summed E-state index contributed by atoms with van der Waals surface area (Å²) in [7, 11) is -4.17. The zero-order chi connectivity index (χ0) is 20.0. The van der Waals surface area contributed by atoms with E-state index >= 15 is 3.50 Å². The Bertz CT molecular complexity index is 514. The Morgan fingerprint density at radius 2 is 1.20 bits per heavy atom. The van der Waals surface area contributed by atoms with E-state index in [0.717, 1.165) is 3.28 Å². The Hall–Kier alpha value is 0.716. The van der Waals surface area contributed by atoms with Crippen LogP contribution in [0.1, 0.15) is 68.7 Å². The van der Waals surface area contributed by atoms with Crippen LogP contribution in [-0.4, -0.2) is 26.7 Å². The van der Waals surface area contributed by atoms with Crippen LogP contribution >= 0.6 is 0 Å². The molecule has 0 amide bonds. The molecule has 0 aromatic rings. The monoisotopic (exact) mass is 497 g/mol. The molecule has 1 rings (SSSR count). The van der Waals surface area contributed by atoms with Crippen LogP contribution in [0.25, 0.3) is 0 Å². The van der Waals surface area contributed by atoms with Crippen molar-refractivity contribution in [1.29, 1.82) is 0 Å². The van der Waals surface area contributed by atoms with E-state index in [0.29, 0.717) is 6.42 Å². The van der Waals surface area contributed by atoms with Crippen molar-refractivity contribution in [1.82, 2.24) is 0 Å². The summed E-state index contributed by atoms with van der Waals surface area (Å²) < 4.78 is 37.7. The van der Waals surface area contributed by atoms with Crippen molar-refractivity contribution < 1.29 is 29.5 Å². The van der Waals surface area contributed by atoms with E-state index in [9.17, 15) is 0 Å². The van der Waals surface area contributed by atoms with Crippen molar-refractivity contribution in [3.63, 3.8) is 0 Å². The molecule has 25 heavy (non-hydrogen) atoms. The maximum atomic E-state index is 16.4. The number of hydrogen-bond donors (Lipinski definition) is 0. The first kappa shape index (κ1) is 23.8. The summed E-state index contributed by atoms with van der Waals surface area (Å²) >= 11 is -5.43. The third kappa shape index (κ3) is 5.37. The first-order valence-corrected chi connectivity index (χ1v) is 25.8. The molecule has 0 saturated carbocycles. The van der Waals surface area contributed by atoms with Gasteiger partial charge in [-0.1, -0.05) is 0 Å². The molecule has 147 valence electrons. The molecule has 0 heterocycles. The summed E-state index contributed by atoms with van der Waals surface area (Å²) in [6.07, 6.45) is 6.65. The molecule has 0 N–H and O–H groups in total. The van der Waals surface area contributed by atoms with E-state index in [1.54, 1.807) is 11.5 Å². The first-order chi connectivity index (χ1) is 10.8. The minimum absolute atomic E-state index is 0.570. The van der Waals surface area contributed by atoms with Crippen molar-refractivity contribution in [2.24, 2.45) is 0 Å². The van der Waals surface area contributed by atoms with Crippen LogP contribution in [0.15, 0.2) is 21.5 Å². The van der Waals surface area contributed by atoms with Gasteiger partial charge in [-0.05, 0) is 0 Å². The Morgan fingerprint density at radius 3 is 1.40 bits per heavy atom. The zero-order valence-corrected chi connectivity index (χ0v) is 22.6. The van der Waals surface area contributed by atoms with Gasteiger partial charge >= 0.3 is 158 Å². The van der Waals surface area contributed by atoms with Gasteiger partial charge in [-0.25, -0.2) is 0 Å². The molecule has 0 aromatic carbocycles. The SMILES string of the molecule is CC(C)(C)[O][Zr]([O]C(C)(C)C)([O]C(C)(C)C)([C]1=CC=CC1)[Ge]([CH3])([CH3])[F]. The summed E-state index contributed by atoms with van der Waals surface area (Å²) in [5.74, 6) is 3.49. The average molecular weight is 497 g/mol. The second-order valence-corrected chi connectivity index (χ2v) is 50.4. The summed E-state index contributed by atoms with van der Waals surface area (Å²) in [5, 5.41) is 0. The summed E-state index contributed by atoms with van der Waals surface area (Å²) in [4.78, 5) is 0. The van der Waals surface area contributed by atoms with E-state index < -0.39 is 44.3 Å². The molecule has 6 heteroatoms. The van der Waals surface area contributed by atoms with E-state index in [1.165, 1.54) is 0 Å². The summed E-state index contributed by atoms with van der Waals surface area (Å²) in [6, 6.07) is 0. The number of halogens is 1. The van der Waals surface area contributed by atoms with Crippen molar-refractivity contribution in [2.75, 3.05) is 0 Å². The van der Waals surface area contributed by atoms with Crippen LogP contribution in [0, 0.1) is 0 Å². The molecule has 0 unspecified atom stereocenters. The third-order valence-corrected chi connectivity index (χ3v) is 53.0. The van der Waals surface area contributed by atoms with Gasteiger partial charge in [-0.15, -0.1) is 0 Å². The molecule has 0 atom stereocenters. The van der Waals surface area contributed by atoms with Crippen LogP contribution in [-0.2, 0) is 26.0 Å². The molecule has 1 aliphatic carbocycles. The van der Waals surface area contributed by atoms with Gasteiger partial charge in [0.2, 0.25) is 0 Å². The summed E-state index contributed by atoms with van der Waals surface area (Å²) in [6.45, 7) is 17.7. The van der Waals surface area contributed by atoms with Crippen molar-refractivity contribution in [3.8, 4) is 0 Å². The zero-order valence-electron chi connectivity index (χ0n) is 18.0. The predicted molar refractivity (Wildman–Crippen MR) is 103 cm³/mol. The molecule has 3 nitrogen and oxygen atoms in total. The van der Waals surface area contributed by atoms with E-state index in [4.69, 9.17) is 8.44 Å². The third-order valence-electron chi connectivity index (χ3n) is 3.83. The standard InChI is InChI=1S/C5H5.3C4H9O.C2H6FGe.Zr/c1-2-4-5-3-1;3*1-4(2,3)5;1-4(2)3;/h1-3H,4H2;3*1-3H3;1-2H3;/q;3*-1;;+3. The van der Waals surface area contributed by atoms with E-state index in [-0.39, 0.29) is 0 Å². The van der Waals surface area contributed by atoms with Gasteiger partial charge in [-0.2, -0.15) is 0 Å². The second-order valence-electron chi connectivity index (χ2n) is 10.4. The molecule has 0 saturated heterocycles. The van der Waals surface area contributed by atoms with Crippen LogP contribution in [0.4, 0.5) is 3.50 Å². The van der Waals surface area contributed by atoms with Crippen molar-refractivity contribution in [2.45, 2.75) is 97.1 Å². The van der Waals surface area contributed by atoms with Gasteiger partial charge in [0.05, 0.1) is 0 Å². The van der Waals surface area contributed by atoms with E-state index in [1.807, 2.05) is 80.5 Å². The van der Waals surface area contributed by atoms with Crippen LogP contribution < -0.4 is 0 Å².